The molecule has 0 radical (unpaired) electrons. The van der Waals surface area contributed by atoms with Crippen molar-refractivity contribution in [1.82, 2.24) is 0 Å². The molecule has 1 aromatic carbocycles. The van der Waals surface area contributed by atoms with Gasteiger partial charge in [-0.3, -0.25) is 4.79 Å². The average Bonchev–Trinajstić information content (AvgIpc) is 2.39. The summed E-state index contributed by atoms with van der Waals surface area (Å²) in [4.78, 5) is 12.1. The van der Waals surface area contributed by atoms with Crippen LogP contribution in [0, 0.1) is 11.7 Å². The molecule has 0 heterocycles. The monoisotopic (exact) mass is 263 g/mol. The maximum absolute atomic E-state index is 13.8. The number of nitrogens with one attached hydrogen (secondary N) is 1. The zero-order valence-corrected chi connectivity index (χ0v) is 11.7. The van der Waals surface area contributed by atoms with Crippen LogP contribution >= 0.6 is 0 Å². The maximum Gasteiger partial charge on any atom is 0.227 e. The molecule has 1 aromatic rings. The van der Waals surface area contributed by atoms with Crippen LogP contribution in [0.2, 0.25) is 0 Å². The Kier molecular flexibility index (Phi) is 4.56. The molecule has 0 bridgehead atoms. The van der Waals surface area contributed by atoms with E-state index in [-0.39, 0.29) is 23.6 Å². The quantitative estimate of drug-likeness (QED) is 0.856. The van der Waals surface area contributed by atoms with E-state index in [4.69, 9.17) is 0 Å². The Morgan fingerprint density at radius 2 is 1.95 bits per heavy atom. The second-order valence-corrected chi connectivity index (χ2v) is 5.72. The molecule has 1 fully saturated rings. The number of hydrogen-bond acceptors (Lipinski definition) is 1. The molecular weight excluding hydrogens is 241 g/mol. The molecule has 0 spiro atoms. The second kappa shape index (κ2) is 6.18. The van der Waals surface area contributed by atoms with E-state index in [0.717, 1.165) is 25.7 Å². The minimum Gasteiger partial charge on any atom is -0.326 e. The highest BCUT2D eigenvalue weighted by molar-refractivity contribution is 5.92. The van der Waals surface area contributed by atoms with Gasteiger partial charge in [0.2, 0.25) is 5.91 Å². The molecule has 0 aromatic heterocycles. The van der Waals surface area contributed by atoms with Crippen LogP contribution < -0.4 is 5.32 Å². The molecule has 1 N–H and O–H groups in total. The number of halogens is 1. The van der Waals surface area contributed by atoms with Crippen molar-refractivity contribution in [1.29, 1.82) is 0 Å². The lowest BCUT2D eigenvalue weighted by Crippen LogP contribution is -2.24. The van der Waals surface area contributed by atoms with Gasteiger partial charge in [0, 0.05) is 11.6 Å². The number of rotatable bonds is 3. The molecule has 3 heteroatoms. The van der Waals surface area contributed by atoms with Crippen LogP contribution in [-0.2, 0) is 4.79 Å². The first-order valence-electron chi connectivity index (χ1n) is 7.18. The van der Waals surface area contributed by atoms with Gasteiger partial charge < -0.3 is 5.32 Å². The third-order valence-corrected chi connectivity index (χ3v) is 3.87. The van der Waals surface area contributed by atoms with Gasteiger partial charge in [-0.2, -0.15) is 0 Å². The van der Waals surface area contributed by atoms with E-state index in [1.165, 1.54) is 12.5 Å². The van der Waals surface area contributed by atoms with Crippen molar-refractivity contribution >= 4 is 11.6 Å². The summed E-state index contributed by atoms with van der Waals surface area (Å²) in [6.45, 7) is 3.91. The second-order valence-electron chi connectivity index (χ2n) is 5.72. The molecule has 1 aliphatic rings. The molecule has 0 aliphatic heterocycles. The van der Waals surface area contributed by atoms with Gasteiger partial charge in [-0.15, -0.1) is 0 Å². The van der Waals surface area contributed by atoms with Crippen LogP contribution in [0.5, 0.6) is 0 Å². The Balaban J connectivity index is 2.02. The van der Waals surface area contributed by atoms with Crippen LogP contribution in [0.15, 0.2) is 18.2 Å². The van der Waals surface area contributed by atoms with Crippen molar-refractivity contribution in [2.45, 2.75) is 51.9 Å². The van der Waals surface area contributed by atoms with Gasteiger partial charge in [-0.05, 0) is 36.5 Å². The van der Waals surface area contributed by atoms with Crippen molar-refractivity contribution in [3.63, 3.8) is 0 Å². The lowest BCUT2D eigenvalue weighted by Gasteiger charge is -2.21. The highest BCUT2D eigenvalue weighted by Gasteiger charge is 2.21. The molecule has 0 atom stereocenters. The number of benzene rings is 1. The summed E-state index contributed by atoms with van der Waals surface area (Å²) < 4.78 is 13.8. The first-order chi connectivity index (χ1) is 9.08. The van der Waals surface area contributed by atoms with Gasteiger partial charge in [0.05, 0.1) is 0 Å². The van der Waals surface area contributed by atoms with Gasteiger partial charge in [0.1, 0.15) is 5.82 Å². The number of anilines is 1. The zero-order valence-electron chi connectivity index (χ0n) is 11.7. The fourth-order valence-corrected chi connectivity index (χ4v) is 2.68. The number of amides is 1. The Hall–Kier alpha value is -1.38. The minimum absolute atomic E-state index is 0.0383. The highest BCUT2D eigenvalue weighted by Crippen LogP contribution is 2.26. The molecule has 1 saturated carbocycles. The Morgan fingerprint density at radius 3 is 2.53 bits per heavy atom. The summed E-state index contributed by atoms with van der Waals surface area (Å²) in [5.41, 5.74) is 1.26. The van der Waals surface area contributed by atoms with E-state index in [0.29, 0.717) is 11.3 Å². The molecular formula is C16H22FNO. The van der Waals surface area contributed by atoms with Gasteiger partial charge >= 0.3 is 0 Å². The van der Waals surface area contributed by atoms with Crippen LogP contribution in [0.3, 0.4) is 0 Å². The molecule has 104 valence electrons. The first kappa shape index (κ1) is 14.0. The van der Waals surface area contributed by atoms with E-state index >= 15 is 0 Å². The predicted octanol–water partition coefficient (Wildman–Crippen LogP) is 4.47. The lowest BCUT2D eigenvalue weighted by atomic mass is 9.88. The van der Waals surface area contributed by atoms with Gasteiger partial charge in [-0.1, -0.05) is 39.2 Å². The number of carbonyl (C=O) groups is 1. The molecule has 2 rings (SSSR count). The van der Waals surface area contributed by atoms with E-state index < -0.39 is 0 Å². The van der Waals surface area contributed by atoms with E-state index in [2.05, 4.69) is 5.32 Å². The maximum atomic E-state index is 13.8. The van der Waals surface area contributed by atoms with Crippen molar-refractivity contribution in [3.8, 4) is 0 Å². The number of hydrogen-bond donors (Lipinski definition) is 1. The fraction of sp³-hybridized carbons (Fsp3) is 0.562. The first-order valence-corrected chi connectivity index (χ1v) is 7.18. The van der Waals surface area contributed by atoms with Crippen LogP contribution in [0.1, 0.15) is 57.4 Å². The van der Waals surface area contributed by atoms with Gasteiger partial charge in [0.25, 0.3) is 0 Å². The molecule has 1 aliphatic carbocycles. The predicted molar refractivity (Wildman–Crippen MR) is 75.7 cm³/mol. The van der Waals surface area contributed by atoms with E-state index in [1.807, 2.05) is 13.8 Å². The molecule has 1 amide bonds. The summed E-state index contributed by atoms with van der Waals surface area (Å²) >= 11 is 0. The third-order valence-electron chi connectivity index (χ3n) is 3.87. The van der Waals surface area contributed by atoms with E-state index in [1.54, 1.807) is 12.1 Å². The summed E-state index contributed by atoms with van der Waals surface area (Å²) in [7, 11) is 0. The summed E-state index contributed by atoms with van der Waals surface area (Å²) in [5.74, 6) is 0.0533. The Labute approximate surface area is 114 Å². The average molecular weight is 263 g/mol. The third kappa shape index (κ3) is 3.55. The van der Waals surface area contributed by atoms with Crippen LogP contribution in [-0.4, -0.2) is 5.91 Å². The summed E-state index contributed by atoms with van der Waals surface area (Å²) in [5, 5.41) is 2.84. The smallest absolute Gasteiger partial charge is 0.227 e. The van der Waals surface area contributed by atoms with Crippen molar-refractivity contribution in [3.05, 3.63) is 29.6 Å². The molecule has 2 nitrogen and oxygen atoms in total. The highest BCUT2D eigenvalue weighted by atomic mass is 19.1. The van der Waals surface area contributed by atoms with Gasteiger partial charge in [-0.25, -0.2) is 4.39 Å². The van der Waals surface area contributed by atoms with Crippen molar-refractivity contribution < 1.29 is 9.18 Å². The normalized spacial score (nSPS) is 16.6. The van der Waals surface area contributed by atoms with E-state index in [9.17, 15) is 9.18 Å². The number of carbonyl (C=O) groups excluding carboxylic acids is 1. The zero-order chi connectivity index (χ0) is 13.8. The topological polar surface area (TPSA) is 29.1 Å². The SMILES string of the molecule is CC(C)c1ccc(NC(=O)C2CCCCC2)cc1F. The largest absolute Gasteiger partial charge is 0.326 e. The standard InChI is InChI=1S/C16H22FNO/c1-11(2)14-9-8-13(10-15(14)17)18-16(19)12-6-4-3-5-7-12/h8-12H,3-7H2,1-2H3,(H,18,19). The van der Waals surface area contributed by atoms with Crippen LogP contribution in [0.25, 0.3) is 0 Å². The lowest BCUT2D eigenvalue weighted by molar-refractivity contribution is -0.120. The minimum atomic E-state index is -0.239. The summed E-state index contributed by atoms with van der Waals surface area (Å²) in [6, 6.07) is 4.98. The molecule has 19 heavy (non-hydrogen) atoms. The summed E-state index contributed by atoms with van der Waals surface area (Å²) in [6.07, 6.45) is 5.38. The van der Waals surface area contributed by atoms with Crippen LogP contribution in [0.4, 0.5) is 10.1 Å². The van der Waals surface area contributed by atoms with Crippen molar-refractivity contribution in [2.75, 3.05) is 5.32 Å². The molecule has 0 saturated heterocycles. The van der Waals surface area contributed by atoms with Crippen molar-refractivity contribution in [2.24, 2.45) is 5.92 Å². The fourth-order valence-electron chi connectivity index (χ4n) is 2.68. The Bertz CT molecular complexity index is 450. The van der Waals surface area contributed by atoms with Gasteiger partial charge in [0.15, 0.2) is 0 Å². The molecule has 0 unspecified atom stereocenters. The Morgan fingerprint density at radius 1 is 1.26 bits per heavy atom.